The molecule has 0 unspecified atom stereocenters. The molecule has 1 nitrogen and oxygen atoms in total. The van der Waals surface area contributed by atoms with E-state index in [4.69, 9.17) is 0 Å². The Kier molecular flexibility index (Phi) is 37.7. The lowest BCUT2D eigenvalue weighted by molar-refractivity contribution is 0.626. The largest absolute Gasteiger partial charge is 0.344 e. The van der Waals surface area contributed by atoms with Gasteiger partial charge in [-0.15, -0.1) is 0 Å². The minimum Gasteiger partial charge on any atom is -0.344 e. The fourth-order valence-corrected chi connectivity index (χ4v) is 0.530. The molecule has 1 heteroatoms. The van der Waals surface area contributed by atoms with Gasteiger partial charge in [-0.2, -0.15) is 0 Å². The summed E-state index contributed by atoms with van der Waals surface area (Å²) in [6.07, 6.45) is 4.90. The summed E-state index contributed by atoms with van der Waals surface area (Å²) in [7, 11) is 0. The van der Waals surface area contributed by atoms with Gasteiger partial charge in [0, 0.05) is 0 Å². The van der Waals surface area contributed by atoms with Gasteiger partial charge >= 0.3 is 0 Å². The van der Waals surface area contributed by atoms with E-state index in [1.807, 2.05) is 13.8 Å². The van der Waals surface area contributed by atoms with Crippen molar-refractivity contribution < 1.29 is 0 Å². The van der Waals surface area contributed by atoms with Gasteiger partial charge < -0.3 is 6.15 Å². The summed E-state index contributed by atoms with van der Waals surface area (Å²) in [6, 6.07) is 0. The Labute approximate surface area is 98.9 Å². The molecule has 0 aliphatic carbocycles. The van der Waals surface area contributed by atoms with Gasteiger partial charge in [0.25, 0.3) is 0 Å². The van der Waals surface area contributed by atoms with Gasteiger partial charge in [-0.3, -0.25) is 0 Å². The molecule has 0 fully saturated rings. The molecule has 0 aromatic carbocycles. The second-order valence-corrected chi connectivity index (χ2v) is 3.66. The Morgan fingerprint density at radius 1 is 1.07 bits per heavy atom. The van der Waals surface area contributed by atoms with Crippen molar-refractivity contribution in [3.05, 3.63) is 12.2 Å². The highest BCUT2D eigenvalue weighted by Gasteiger charge is 1.83. The predicted octanol–water partition coefficient (Wildman–Crippen LogP) is 5.99. The van der Waals surface area contributed by atoms with Crippen molar-refractivity contribution in [2.45, 2.75) is 74.1 Å². The maximum Gasteiger partial charge on any atom is -0.0326 e. The molecule has 3 N–H and O–H groups in total. The lowest BCUT2D eigenvalue weighted by atomic mass is 10.1. The highest BCUT2D eigenvalue weighted by atomic mass is 14.0. The summed E-state index contributed by atoms with van der Waals surface area (Å²) < 4.78 is 0. The van der Waals surface area contributed by atoms with E-state index in [0.717, 1.165) is 12.3 Å². The Balaban J connectivity index is -0.0000000675. The summed E-state index contributed by atoms with van der Waals surface area (Å²) in [6.45, 7) is 18.8. The molecule has 96 valence electrons. The third-order valence-electron chi connectivity index (χ3n) is 1.92. The zero-order chi connectivity index (χ0) is 12.0. The first-order chi connectivity index (χ1) is 6.58. The van der Waals surface area contributed by atoms with Gasteiger partial charge in [-0.05, 0) is 18.8 Å². The first-order valence-electron chi connectivity index (χ1n) is 6.24. The van der Waals surface area contributed by atoms with E-state index in [9.17, 15) is 0 Å². The van der Waals surface area contributed by atoms with Gasteiger partial charge in [-0.25, -0.2) is 0 Å². The topological polar surface area (TPSA) is 35.0 Å². The SMILES string of the molecule is C=C(CC)CCC.CC.CCC(C)C.N. The molecule has 0 aliphatic heterocycles. The van der Waals surface area contributed by atoms with Crippen molar-refractivity contribution in [2.24, 2.45) is 5.92 Å². The maximum atomic E-state index is 3.86. The molecule has 0 aromatic rings. The monoisotopic (exact) mass is 217 g/mol. The summed E-state index contributed by atoms with van der Waals surface area (Å²) in [4.78, 5) is 0. The van der Waals surface area contributed by atoms with Gasteiger partial charge in [0.2, 0.25) is 0 Å². The Bertz CT molecular complexity index is 95.5. The van der Waals surface area contributed by atoms with Crippen molar-refractivity contribution in [3.63, 3.8) is 0 Å². The van der Waals surface area contributed by atoms with E-state index in [1.54, 1.807) is 0 Å². The minimum absolute atomic E-state index is 0. The van der Waals surface area contributed by atoms with Crippen molar-refractivity contribution in [1.82, 2.24) is 6.15 Å². The standard InChI is InChI=1S/C7H14.C5H12.C2H6.H3N/c1-4-6-7(3)5-2;1-4-5(2)3;1-2;/h3-6H2,1-2H3;5H,4H2,1-3H3;1-2H3;1H3. The fraction of sp³-hybridized carbons (Fsp3) is 0.857. The van der Waals surface area contributed by atoms with E-state index in [0.29, 0.717) is 0 Å². The molecule has 0 aliphatic rings. The van der Waals surface area contributed by atoms with E-state index >= 15 is 0 Å². The highest BCUT2D eigenvalue weighted by molar-refractivity contribution is 4.91. The van der Waals surface area contributed by atoms with Crippen LogP contribution in [-0.4, -0.2) is 0 Å². The first kappa shape index (κ1) is 24.1. The third-order valence-corrected chi connectivity index (χ3v) is 1.92. The molecule has 15 heavy (non-hydrogen) atoms. The maximum absolute atomic E-state index is 3.86. The van der Waals surface area contributed by atoms with Crippen LogP contribution in [0.5, 0.6) is 0 Å². The van der Waals surface area contributed by atoms with Crippen molar-refractivity contribution in [2.75, 3.05) is 0 Å². The number of rotatable bonds is 4. The summed E-state index contributed by atoms with van der Waals surface area (Å²) in [5.41, 5.74) is 1.38. The Hall–Kier alpha value is -0.300. The van der Waals surface area contributed by atoms with Gasteiger partial charge in [-0.1, -0.05) is 73.5 Å². The third kappa shape index (κ3) is 41.8. The van der Waals surface area contributed by atoms with E-state index in [-0.39, 0.29) is 6.15 Å². The predicted molar refractivity (Wildman–Crippen MR) is 75.8 cm³/mol. The number of hydrogen-bond donors (Lipinski definition) is 1. The van der Waals surface area contributed by atoms with Crippen LogP contribution in [0.1, 0.15) is 74.1 Å². The molecule has 0 saturated carbocycles. The number of hydrogen-bond acceptors (Lipinski definition) is 1. The van der Waals surface area contributed by atoms with Crippen molar-refractivity contribution in [3.8, 4) is 0 Å². The molecular formula is C14H35N. The van der Waals surface area contributed by atoms with Crippen LogP contribution in [0, 0.1) is 5.92 Å². The average Bonchev–Trinajstić information content (AvgIpc) is 2.22. The lowest BCUT2D eigenvalue weighted by Gasteiger charge is -1.94. The minimum atomic E-state index is 0. The zero-order valence-electron chi connectivity index (χ0n) is 12.3. The normalized spacial score (nSPS) is 7.73. The van der Waals surface area contributed by atoms with Crippen molar-refractivity contribution in [1.29, 1.82) is 0 Å². The summed E-state index contributed by atoms with van der Waals surface area (Å²) in [5.74, 6) is 0.884. The Morgan fingerprint density at radius 3 is 1.47 bits per heavy atom. The van der Waals surface area contributed by atoms with Crippen LogP contribution in [0.2, 0.25) is 0 Å². The van der Waals surface area contributed by atoms with Gasteiger partial charge in [0.1, 0.15) is 0 Å². The van der Waals surface area contributed by atoms with E-state index in [2.05, 4.69) is 41.2 Å². The fourth-order valence-electron chi connectivity index (χ4n) is 0.530. The molecule has 0 radical (unpaired) electrons. The van der Waals surface area contributed by atoms with E-state index in [1.165, 1.54) is 24.8 Å². The average molecular weight is 217 g/mol. The second-order valence-electron chi connectivity index (χ2n) is 3.66. The van der Waals surface area contributed by atoms with Crippen LogP contribution in [0.4, 0.5) is 0 Å². The van der Waals surface area contributed by atoms with Crippen LogP contribution < -0.4 is 6.15 Å². The molecule has 0 spiro atoms. The molecule has 0 amide bonds. The zero-order valence-corrected chi connectivity index (χ0v) is 12.3. The molecule has 0 rings (SSSR count). The van der Waals surface area contributed by atoms with Crippen LogP contribution in [-0.2, 0) is 0 Å². The first-order valence-corrected chi connectivity index (χ1v) is 6.24. The smallest absolute Gasteiger partial charge is 0.0326 e. The van der Waals surface area contributed by atoms with Crippen LogP contribution in [0.25, 0.3) is 0 Å². The molecule has 0 bridgehead atoms. The van der Waals surface area contributed by atoms with Crippen molar-refractivity contribution >= 4 is 0 Å². The van der Waals surface area contributed by atoms with Gasteiger partial charge in [0.05, 0.1) is 0 Å². The summed E-state index contributed by atoms with van der Waals surface area (Å²) >= 11 is 0. The molecule has 0 heterocycles. The number of allylic oxidation sites excluding steroid dienone is 1. The van der Waals surface area contributed by atoms with Crippen LogP contribution in [0.15, 0.2) is 12.2 Å². The van der Waals surface area contributed by atoms with Crippen LogP contribution in [0.3, 0.4) is 0 Å². The van der Waals surface area contributed by atoms with E-state index < -0.39 is 0 Å². The lowest BCUT2D eigenvalue weighted by Crippen LogP contribution is -1.77. The quantitative estimate of drug-likeness (QED) is 0.576. The molecule has 0 aromatic heterocycles. The van der Waals surface area contributed by atoms with Gasteiger partial charge in [0.15, 0.2) is 0 Å². The molecular weight excluding hydrogens is 182 g/mol. The second kappa shape index (κ2) is 23.5. The highest BCUT2D eigenvalue weighted by Crippen LogP contribution is 2.03. The Morgan fingerprint density at radius 2 is 1.40 bits per heavy atom. The van der Waals surface area contributed by atoms with Crippen LogP contribution >= 0.6 is 0 Å². The molecule has 0 saturated heterocycles. The summed E-state index contributed by atoms with van der Waals surface area (Å²) in [5, 5.41) is 0. The molecule has 0 atom stereocenters.